The second-order valence-electron chi connectivity index (χ2n) is 4.82. The van der Waals surface area contributed by atoms with Gasteiger partial charge in [-0.3, -0.25) is 4.90 Å². The Morgan fingerprint density at radius 1 is 1.28 bits per heavy atom. The van der Waals surface area contributed by atoms with E-state index in [1.165, 1.54) is 0 Å². The summed E-state index contributed by atoms with van der Waals surface area (Å²) in [5, 5.41) is 3.30. The monoisotopic (exact) mass is 258 g/mol. The van der Waals surface area contributed by atoms with Gasteiger partial charge in [0.25, 0.3) is 0 Å². The Bertz CT molecular complexity index is 413. The van der Waals surface area contributed by atoms with Gasteiger partial charge < -0.3 is 5.32 Å². The van der Waals surface area contributed by atoms with E-state index in [-0.39, 0.29) is 6.04 Å². The molecule has 0 bridgehead atoms. The minimum atomic E-state index is -1.40. The highest BCUT2D eigenvalue weighted by molar-refractivity contribution is 5.22. The number of nitrogens with one attached hydrogen (secondary N) is 1. The molecule has 100 valence electrons. The summed E-state index contributed by atoms with van der Waals surface area (Å²) in [4.78, 5) is 2.13. The van der Waals surface area contributed by atoms with Gasteiger partial charge in [-0.05, 0) is 31.5 Å². The lowest BCUT2D eigenvalue weighted by molar-refractivity contribution is 0.158. The molecule has 1 aliphatic rings. The van der Waals surface area contributed by atoms with Crippen LogP contribution in [0.1, 0.15) is 25.5 Å². The molecule has 0 radical (unpaired) electrons. The zero-order valence-corrected chi connectivity index (χ0v) is 10.5. The minimum Gasteiger partial charge on any atom is -0.312 e. The standard InChI is InChI=1S/C13H17F3N2/c1-8-7-18(4-3-17-8)9(2)10-5-11(14)13(16)12(15)6-10/h5-6,8-9,17H,3-4,7H2,1-2H3/t8-,9-/m1/s1. The molecule has 0 spiro atoms. The SMILES string of the molecule is C[C@@H]1CN([C@H](C)c2cc(F)c(F)c(F)c2)CCN1. The fourth-order valence-corrected chi connectivity index (χ4v) is 2.34. The molecular formula is C13H17F3N2. The Hall–Kier alpha value is -1.07. The van der Waals surface area contributed by atoms with Crippen molar-refractivity contribution in [2.45, 2.75) is 25.9 Å². The summed E-state index contributed by atoms with van der Waals surface area (Å²) in [5.41, 5.74) is 0.473. The smallest absolute Gasteiger partial charge is 0.194 e. The van der Waals surface area contributed by atoms with Gasteiger partial charge in [0, 0.05) is 31.7 Å². The third kappa shape index (κ3) is 2.67. The van der Waals surface area contributed by atoms with Gasteiger partial charge in [-0.1, -0.05) is 0 Å². The van der Waals surface area contributed by atoms with Gasteiger partial charge in [-0.2, -0.15) is 0 Å². The quantitative estimate of drug-likeness (QED) is 0.820. The van der Waals surface area contributed by atoms with Gasteiger partial charge in [0.05, 0.1) is 0 Å². The van der Waals surface area contributed by atoms with Crippen molar-refractivity contribution < 1.29 is 13.2 Å². The molecule has 1 aromatic carbocycles. The van der Waals surface area contributed by atoms with E-state index in [9.17, 15) is 13.2 Å². The summed E-state index contributed by atoms with van der Waals surface area (Å²) in [6, 6.07) is 2.38. The number of nitrogens with zero attached hydrogens (tertiary/aromatic N) is 1. The Kier molecular flexibility index (Phi) is 3.92. The molecule has 0 unspecified atom stereocenters. The van der Waals surface area contributed by atoms with E-state index in [1.54, 1.807) is 0 Å². The molecule has 0 amide bonds. The second-order valence-corrected chi connectivity index (χ2v) is 4.82. The molecule has 1 aromatic rings. The largest absolute Gasteiger partial charge is 0.312 e. The maximum absolute atomic E-state index is 13.2. The summed E-state index contributed by atoms with van der Waals surface area (Å²) in [5.74, 6) is -3.65. The summed E-state index contributed by atoms with van der Waals surface area (Å²) in [6.07, 6.45) is 0. The summed E-state index contributed by atoms with van der Waals surface area (Å²) < 4.78 is 39.3. The normalized spacial score (nSPS) is 23.1. The van der Waals surface area contributed by atoms with Crippen LogP contribution in [0.5, 0.6) is 0 Å². The zero-order chi connectivity index (χ0) is 13.3. The van der Waals surface area contributed by atoms with Crippen molar-refractivity contribution in [3.8, 4) is 0 Å². The molecule has 1 N–H and O–H groups in total. The van der Waals surface area contributed by atoms with Crippen molar-refractivity contribution in [3.05, 3.63) is 35.1 Å². The Morgan fingerprint density at radius 2 is 1.89 bits per heavy atom. The first-order chi connectivity index (χ1) is 8.49. The van der Waals surface area contributed by atoms with Crippen LogP contribution in [-0.4, -0.2) is 30.6 Å². The predicted octanol–water partition coefficient (Wildman–Crippen LogP) is 2.46. The van der Waals surface area contributed by atoms with E-state index in [0.29, 0.717) is 11.6 Å². The van der Waals surface area contributed by atoms with Gasteiger partial charge in [0.2, 0.25) is 0 Å². The molecule has 0 saturated carbocycles. The lowest BCUT2D eigenvalue weighted by atomic mass is 10.0. The van der Waals surface area contributed by atoms with E-state index in [4.69, 9.17) is 0 Å². The van der Waals surface area contributed by atoms with E-state index >= 15 is 0 Å². The number of rotatable bonds is 2. The third-order valence-electron chi connectivity index (χ3n) is 3.44. The molecule has 1 heterocycles. The van der Waals surface area contributed by atoms with Crippen LogP contribution in [0.15, 0.2) is 12.1 Å². The van der Waals surface area contributed by atoms with Crippen molar-refractivity contribution >= 4 is 0 Å². The average molecular weight is 258 g/mol. The fourth-order valence-electron chi connectivity index (χ4n) is 2.34. The molecule has 1 aliphatic heterocycles. The van der Waals surface area contributed by atoms with Crippen LogP contribution in [0.4, 0.5) is 13.2 Å². The minimum absolute atomic E-state index is 0.126. The van der Waals surface area contributed by atoms with Crippen molar-refractivity contribution in [2.24, 2.45) is 0 Å². The number of halogens is 3. The topological polar surface area (TPSA) is 15.3 Å². The highest BCUT2D eigenvalue weighted by Gasteiger charge is 2.23. The van der Waals surface area contributed by atoms with Gasteiger partial charge in [0.15, 0.2) is 17.5 Å². The third-order valence-corrected chi connectivity index (χ3v) is 3.44. The maximum atomic E-state index is 13.2. The summed E-state index contributed by atoms with van der Waals surface area (Å²) in [7, 11) is 0. The highest BCUT2D eigenvalue weighted by atomic mass is 19.2. The summed E-state index contributed by atoms with van der Waals surface area (Å²) in [6.45, 7) is 6.40. The first-order valence-electron chi connectivity index (χ1n) is 6.11. The molecule has 1 fully saturated rings. The van der Waals surface area contributed by atoms with E-state index in [1.807, 2.05) is 6.92 Å². The van der Waals surface area contributed by atoms with Crippen LogP contribution >= 0.6 is 0 Å². The number of piperazine rings is 1. The molecule has 2 atom stereocenters. The molecule has 1 saturated heterocycles. The molecule has 18 heavy (non-hydrogen) atoms. The van der Waals surface area contributed by atoms with Gasteiger partial charge in [-0.25, -0.2) is 13.2 Å². The summed E-state index contributed by atoms with van der Waals surface area (Å²) >= 11 is 0. The van der Waals surface area contributed by atoms with E-state index in [2.05, 4.69) is 17.1 Å². The van der Waals surface area contributed by atoms with Crippen LogP contribution in [0.2, 0.25) is 0 Å². The van der Waals surface area contributed by atoms with Crippen molar-refractivity contribution in [2.75, 3.05) is 19.6 Å². The second kappa shape index (κ2) is 5.28. The van der Waals surface area contributed by atoms with Crippen LogP contribution in [-0.2, 0) is 0 Å². The van der Waals surface area contributed by atoms with E-state index in [0.717, 1.165) is 31.8 Å². The van der Waals surface area contributed by atoms with Gasteiger partial charge >= 0.3 is 0 Å². The number of benzene rings is 1. The van der Waals surface area contributed by atoms with Crippen LogP contribution in [0, 0.1) is 17.5 Å². The van der Waals surface area contributed by atoms with Gasteiger partial charge in [-0.15, -0.1) is 0 Å². The Balaban J connectivity index is 2.20. The van der Waals surface area contributed by atoms with Crippen molar-refractivity contribution in [3.63, 3.8) is 0 Å². The molecule has 2 rings (SSSR count). The Labute approximate surface area is 105 Å². The van der Waals surface area contributed by atoms with E-state index < -0.39 is 17.5 Å². The maximum Gasteiger partial charge on any atom is 0.194 e. The number of hydrogen-bond donors (Lipinski definition) is 1. The predicted molar refractivity (Wildman–Crippen MR) is 63.8 cm³/mol. The first kappa shape index (κ1) is 13.4. The van der Waals surface area contributed by atoms with Crippen molar-refractivity contribution in [1.29, 1.82) is 0 Å². The zero-order valence-electron chi connectivity index (χ0n) is 10.5. The molecule has 5 heteroatoms. The fraction of sp³-hybridized carbons (Fsp3) is 0.538. The first-order valence-corrected chi connectivity index (χ1v) is 6.11. The Morgan fingerprint density at radius 3 is 2.44 bits per heavy atom. The average Bonchev–Trinajstić information content (AvgIpc) is 2.34. The lowest BCUT2D eigenvalue weighted by Crippen LogP contribution is -2.49. The lowest BCUT2D eigenvalue weighted by Gasteiger charge is -2.36. The number of hydrogen-bond acceptors (Lipinski definition) is 2. The molecule has 2 nitrogen and oxygen atoms in total. The molecule has 0 aliphatic carbocycles. The van der Waals surface area contributed by atoms with Crippen molar-refractivity contribution in [1.82, 2.24) is 10.2 Å². The molecular weight excluding hydrogens is 241 g/mol. The van der Waals surface area contributed by atoms with Crippen LogP contribution < -0.4 is 5.32 Å². The highest BCUT2D eigenvalue weighted by Crippen LogP contribution is 2.24. The van der Waals surface area contributed by atoms with Gasteiger partial charge in [0.1, 0.15) is 0 Å². The van der Waals surface area contributed by atoms with Crippen LogP contribution in [0.3, 0.4) is 0 Å². The molecule has 0 aromatic heterocycles. The van der Waals surface area contributed by atoms with Crippen LogP contribution in [0.25, 0.3) is 0 Å².